The lowest BCUT2D eigenvalue weighted by Crippen LogP contribution is -2.07. The van der Waals surface area contributed by atoms with E-state index in [1.165, 1.54) is 0 Å². The zero-order valence-corrected chi connectivity index (χ0v) is 14.3. The van der Waals surface area contributed by atoms with E-state index in [0.29, 0.717) is 0 Å². The van der Waals surface area contributed by atoms with E-state index in [1.54, 1.807) is 0 Å². The topological polar surface area (TPSA) is 590 Å². The molecule has 0 spiro atoms. The highest BCUT2D eigenvalue weighted by Crippen LogP contribution is 1.41. The first kappa shape index (κ1) is 103. The van der Waals surface area contributed by atoms with Crippen LogP contribution in [0.4, 0.5) is 0 Å². The summed E-state index contributed by atoms with van der Waals surface area (Å²) in [6, 6.07) is 0. The molecule has 0 rings (SSSR count). The fourth-order valence-electron chi connectivity index (χ4n) is 0. The van der Waals surface area contributed by atoms with Crippen LogP contribution in [-0.2, 0) is 0 Å². The highest BCUT2D eigenvalue weighted by atomic mass is 16.5. The van der Waals surface area contributed by atoms with Crippen LogP contribution in [0.15, 0.2) is 0 Å². The lowest BCUT2D eigenvalue weighted by molar-refractivity contribution is 0.276. The van der Waals surface area contributed by atoms with Gasteiger partial charge in [-0.25, -0.2) is 0 Å². The van der Waals surface area contributed by atoms with Gasteiger partial charge in [-0.1, -0.05) is 0 Å². The molecule has 0 atom stereocenters. The fourth-order valence-corrected chi connectivity index (χ4v) is 0. The molecule has 0 fully saturated rings. The van der Waals surface area contributed by atoms with Crippen LogP contribution in [-0.4, -0.2) is 156 Å². The Morgan fingerprint density at radius 3 is 0.207 bits per heavy atom. The third-order valence-electron chi connectivity index (χ3n) is 0. The molecule has 192 valence electrons. The van der Waals surface area contributed by atoms with E-state index in [2.05, 4.69) is 0 Å². The van der Waals surface area contributed by atoms with E-state index in [4.69, 9.17) is 75.4 Å². The molecule has 0 radical (unpaired) electrons. The summed E-state index contributed by atoms with van der Waals surface area (Å²) >= 11 is 0. The quantitative estimate of drug-likeness (QED) is 0.146. The zero-order chi connectivity index (χ0) is 17.9. The van der Waals surface area contributed by atoms with E-state index in [1.807, 2.05) is 0 Å². The largest absolute Gasteiger partial charge is 0.631 e. The van der Waals surface area contributed by atoms with Crippen molar-refractivity contribution >= 4 is 36.6 Å². The summed E-state index contributed by atoms with van der Waals surface area (Å²) in [4.78, 5) is 0. The maximum absolute atomic E-state index is 7.17. The second-order valence-corrected chi connectivity index (χ2v) is 1.73. The molecule has 0 aliphatic heterocycles. The van der Waals surface area contributed by atoms with Gasteiger partial charge in [0.15, 0.2) is 0 Å². The zero-order valence-electron chi connectivity index (χ0n) is 14.3. The van der Waals surface area contributed by atoms with Gasteiger partial charge in [0.25, 0.3) is 0 Å². The van der Waals surface area contributed by atoms with Crippen LogP contribution in [0.2, 0.25) is 0 Å². The Morgan fingerprint density at radius 2 is 0.207 bits per heavy atom. The highest BCUT2D eigenvalue weighted by Gasteiger charge is 1.94. The van der Waals surface area contributed by atoms with Gasteiger partial charge < -0.3 is 125 Å². The summed E-state index contributed by atoms with van der Waals surface area (Å²) in [7, 11) is -10.8. The molecule has 0 aliphatic rings. The Morgan fingerprint density at radius 1 is 0.207 bits per heavy atom. The average Bonchev–Trinajstić information content (AvgIpc) is 1.94. The van der Waals surface area contributed by atoms with Crippen LogP contribution in [0.3, 0.4) is 0 Å². The van der Waals surface area contributed by atoms with Crippen molar-refractivity contribution in [3.05, 3.63) is 0 Å². The van der Waals surface area contributed by atoms with Crippen LogP contribution in [0.1, 0.15) is 0 Å². The molecule has 0 saturated carbocycles. The molecule has 0 aromatic heterocycles. The van der Waals surface area contributed by atoms with Gasteiger partial charge >= 0.3 is 36.6 Å². The summed E-state index contributed by atoms with van der Waals surface area (Å²) < 4.78 is 0. The molecule has 0 unspecified atom stereocenters. The predicted molar refractivity (Wildman–Crippen MR) is 96.0 cm³/mol. The maximum Gasteiger partial charge on any atom is 0.631 e. The molecule has 0 aliphatic carbocycles. The van der Waals surface area contributed by atoms with Crippen molar-refractivity contribution in [3.8, 4) is 0 Å². The molecule has 0 saturated heterocycles. The lowest BCUT2D eigenvalue weighted by Gasteiger charge is -1.69. The summed E-state index contributed by atoms with van der Waals surface area (Å²) in [5.41, 5.74) is 0. The minimum absolute atomic E-state index is 0. The number of hydrogen-bond acceptors (Lipinski definition) is 16. The summed E-state index contributed by atoms with van der Waals surface area (Å²) in [5.74, 6) is 0. The van der Waals surface area contributed by atoms with Crippen molar-refractivity contribution in [2.24, 2.45) is 0 Å². The third kappa shape index (κ3) is 43600. The molecule has 0 heterocycles. The van der Waals surface area contributed by atoms with Crippen LogP contribution >= 0.6 is 0 Å². The van der Waals surface area contributed by atoms with Crippen molar-refractivity contribution < 1.29 is 119 Å². The molecule has 0 bridgehead atoms. The van der Waals surface area contributed by atoms with E-state index < -0.39 is 36.6 Å². The van der Waals surface area contributed by atoms with Gasteiger partial charge in [-0.3, -0.25) is 0 Å². The van der Waals surface area contributed by atoms with Gasteiger partial charge in [-0.05, 0) is 0 Å². The molecule has 29 heavy (non-hydrogen) atoms. The molecule has 0 aromatic carbocycles. The first-order valence-electron chi connectivity index (χ1n) is 3.87. The van der Waals surface area contributed by atoms with Gasteiger partial charge in [-0.2, -0.15) is 0 Å². The van der Waals surface area contributed by atoms with E-state index in [0.717, 1.165) is 0 Å². The SMILES string of the molecule is N.O.O.O.O.O.O.O.O.OB(O)O.OB(O)O.OB(O)O.OB(O)O.OB(O)O. The summed E-state index contributed by atoms with van der Waals surface area (Å²) in [6.07, 6.45) is 0. The second kappa shape index (κ2) is 92.2. The number of rotatable bonds is 0. The van der Waals surface area contributed by atoms with E-state index >= 15 is 0 Å². The smallest absolute Gasteiger partial charge is 0.412 e. The fraction of sp³-hybridized carbons (Fsp3) is 0. The van der Waals surface area contributed by atoms with Crippen molar-refractivity contribution in [1.29, 1.82) is 0 Å². The average molecular weight is 470 g/mol. The Hall–Kier alpha value is -0.635. The Labute approximate surface area is 163 Å². The minimum atomic E-state index is -2.17. The Bertz CT molecular complexity index is 83.8. The van der Waals surface area contributed by atoms with Gasteiger partial charge in [0.2, 0.25) is 0 Å². The maximum atomic E-state index is 7.17. The van der Waals surface area contributed by atoms with Crippen molar-refractivity contribution in [2.45, 2.75) is 0 Å². The monoisotopic (exact) mass is 471 g/mol. The van der Waals surface area contributed by atoms with Crippen molar-refractivity contribution in [1.82, 2.24) is 6.15 Å². The van der Waals surface area contributed by atoms with Crippen LogP contribution in [0.25, 0.3) is 0 Å². The molecule has 29 heteroatoms. The molecule has 34 N–H and O–H groups in total. The molecule has 0 aromatic rings. The molecular weight excluding hydrogens is 436 g/mol. The first-order valence-corrected chi connectivity index (χ1v) is 3.87. The van der Waals surface area contributed by atoms with Gasteiger partial charge in [0.1, 0.15) is 0 Å². The van der Waals surface area contributed by atoms with Crippen molar-refractivity contribution in [2.75, 3.05) is 0 Å². The van der Waals surface area contributed by atoms with Crippen LogP contribution in [0.5, 0.6) is 0 Å². The Kier molecular flexibility index (Phi) is 327. The van der Waals surface area contributed by atoms with Crippen molar-refractivity contribution in [3.63, 3.8) is 0 Å². The van der Waals surface area contributed by atoms with Gasteiger partial charge in [0, 0.05) is 0 Å². The predicted octanol–water partition coefficient (Wildman–Crippen LogP) is -16.7. The normalized spacial score (nSPS) is 4.66. The second-order valence-electron chi connectivity index (χ2n) is 1.73. The minimum Gasteiger partial charge on any atom is -0.412 e. The lowest BCUT2D eigenvalue weighted by atomic mass is 10.3. The first-order chi connectivity index (χ1) is 8.66. The summed E-state index contributed by atoms with van der Waals surface area (Å²) in [6.45, 7) is 0. The molecular formula is H34B5NO23. The molecule has 0 amide bonds. The van der Waals surface area contributed by atoms with E-state index in [-0.39, 0.29) is 50.0 Å². The van der Waals surface area contributed by atoms with Gasteiger partial charge in [0.05, 0.1) is 0 Å². The summed E-state index contributed by atoms with van der Waals surface area (Å²) in [5, 5.41) is 108. The Balaban J connectivity index is -0.00000000750. The van der Waals surface area contributed by atoms with E-state index in [9.17, 15) is 0 Å². The number of hydrogen-bond donors (Lipinski definition) is 16. The van der Waals surface area contributed by atoms with Gasteiger partial charge in [-0.15, -0.1) is 0 Å². The standard InChI is InChI=1S/5BH3O3.H3N.8H2O/c5*2-1(3)4;;;;;;;;;/h5*2-4H;1H3;8*1H2. The highest BCUT2D eigenvalue weighted by molar-refractivity contribution is 6.31. The molecule has 24 nitrogen and oxygen atoms in total. The third-order valence-corrected chi connectivity index (χ3v) is 0. The van der Waals surface area contributed by atoms with Crippen LogP contribution < -0.4 is 6.15 Å². The van der Waals surface area contributed by atoms with Crippen LogP contribution in [0, 0.1) is 0 Å².